The monoisotopic (exact) mass is 453 g/mol. The van der Waals surface area contributed by atoms with Gasteiger partial charge in [-0.25, -0.2) is 0 Å². The van der Waals surface area contributed by atoms with Crippen LogP contribution in [0.1, 0.15) is 60.2 Å². The number of aromatic nitrogens is 1. The van der Waals surface area contributed by atoms with Gasteiger partial charge in [-0.1, -0.05) is 73.7 Å². The number of allylic oxidation sites excluding steroid dienone is 1. The van der Waals surface area contributed by atoms with Gasteiger partial charge in [0, 0.05) is 17.8 Å². The van der Waals surface area contributed by atoms with Crippen molar-refractivity contribution in [2.45, 2.75) is 52.0 Å². The van der Waals surface area contributed by atoms with E-state index in [1.54, 1.807) is 0 Å². The van der Waals surface area contributed by atoms with Crippen LogP contribution >= 0.6 is 0 Å². The van der Waals surface area contributed by atoms with Gasteiger partial charge in [-0.2, -0.15) is 0 Å². The molecular formula is C31H39N3. The summed E-state index contributed by atoms with van der Waals surface area (Å²) in [6.45, 7) is 12.3. The third-order valence-electron chi connectivity index (χ3n) is 7.18. The third kappa shape index (κ3) is 6.57. The molecule has 3 aromatic rings. The van der Waals surface area contributed by atoms with E-state index in [1.807, 2.05) is 12.3 Å². The lowest BCUT2D eigenvalue weighted by atomic mass is 9.92. The Labute approximate surface area is 205 Å². The van der Waals surface area contributed by atoms with Crippen LogP contribution in [0.5, 0.6) is 0 Å². The highest BCUT2D eigenvalue weighted by Crippen LogP contribution is 2.28. The fourth-order valence-electron chi connectivity index (χ4n) is 4.89. The first kappa shape index (κ1) is 24.2. The first-order chi connectivity index (χ1) is 16.6. The Morgan fingerprint density at radius 3 is 2.35 bits per heavy atom. The molecule has 4 rings (SSSR count). The van der Waals surface area contributed by atoms with Crippen molar-refractivity contribution in [2.75, 3.05) is 19.6 Å². The number of piperidine rings is 1. The summed E-state index contributed by atoms with van der Waals surface area (Å²) in [4.78, 5) is 7.27. The standard InChI is InChI=1S/C31H39N3/c1-4-26-12-14-27(15-13-26)8-7-21-34-22-18-28(19-23-34)25(3)33-31(30-9-5-6-20-32-30)29-16-10-24(2)11-17-29/h5-6,9-17,20,28,31,33H,3-4,7-8,18-19,21-23H2,1-2H3. The fourth-order valence-corrected chi connectivity index (χ4v) is 4.89. The van der Waals surface area contributed by atoms with Gasteiger partial charge >= 0.3 is 0 Å². The number of nitrogens with zero attached hydrogens (tertiary/aromatic N) is 2. The smallest absolute Gasteiger partial charge is 0.0937 e. The van der Waals surface area contributed by atoms with Crippen molar-refractivity contribution in [1.82, 2.24) is 15.2 Å². The molecule has 0 aliphatic carbocycles. The van der Waals surface area contributed by atoms with Crippen LogP contribution in [0.2, 0.25) is 0 Å². The minimum atomic E-state index is 0.0337. The molecule has 1 unspecified atom stereocenters. The van der Waals surface area contributed by atoms with E-state index in [4.69, 9.17) is 0 Å². The zero-order valence-electron chi connectivity index (χ0n) is 20.8. The number of hydrogen-bond acceptors (Lipinski definition) is 3. The molecule has 1 fully saturated rings. The lowest BCUT2D eigenvalue weighted by molar-refractivity contribution is 0.193. The molecule has 1 aromatic heterocycles. The highest BCUT2D eigenvalue weighted by molar-refractivity contribution is 5.31. The Hall–Kier alpha value is -2.91. The fraction of sp³-hybridized carbons (Fsp3) is 0.387. The van der Waals surface area contributed by atoms with Crippen molar-refractivity contribution in [1.29, 1.82) is 0 Å². The molecule has 3 nitrogen and oxygen atoms in total. The largest absolute Gasteiger partial charge is 0.376 e. The van der Waals surface area contributed by atoms with Gasteiger partial charge in [-0.3, -0.25) is 4.98 Å². The van der Waals surface area contributed by atoms with Crippen molar-refractivity contribution < 1.29 is 0 Å². The quantitative estimate of drug-likeness (QED) is 0.380. The summed E-state index contributed by atoms with van der Waals surface area (Å²) in [6, 6.07) is 24.1. The first-order valence-corrected chi connectivity index (χ1v) is 12.9. The number of pyridine rings is 1. The molecule has 1 N–H and O–H groups in total. The topological polar surface area (TPSA) is 28.2 Å². The maximum atomic E-state index is 4.64. The normalized spacial score (nSPS) is 15.7. The van der Waals surface area contributed by atoms with Crippen molar-refractivity contribution in [3.8, 4) is 0 Å². The Morgan fingerprint density at radius 1 is 1.00 bits per heavy atom. The van der Waals surface area contributed by atoms with Gasteiger partial charge in [-0.15, -0.1) is 0 Å². The van der Waals surface area contributed by atoms with Crippen LogP contribution in [0.15, 0.2) is 85.2 Å². The van der Waals surface area contributed by atoms with Crippen LogP contribution in [0.3, 0.4) is 0 Å². The maximum Gasteiger partial charge on any atom is 0.0937 e. The second kappa shape index (κ2) is 12.0. The number of hydrogen-bond donors (Lipinski definition) is 1. The van der Waals surface area contributed by atoms with Crippen molar-refractivity contribution >= 4 is 0 Å². The van der Waals surface area contributed by atoms with E-state index in [2.05, 4.69) is 96.3 Å². The van der Waals surface area contributed by atoms with E-state index in [-0.39, 0.29) is 6.04 Å². The lowest BCUT2D eigenvalue weighted by Crippen LogP contribution is -2.37. The van der Waals surface area contributed by atoms with Gasteiger partial charge in [0.1, 0.15) is 0 Å². The maximum absolute atomic E-state index is 4.64. The second-order valence-electron chi connectivity index (χ2n) is 9.66. The Balaban J connectivity index is 1.28. The molecule has 0 amide bonds. The van der Waals surface area contributed by atoms with Crippen LogP contribution in [-0.2, 0) is 12.8 Å². The molecule has 2 heterocycles. The highest BCUT2D eigenvalue weighted by atomic mass is 15.1. The van der Waals surface area contributed by atoms with E-state index in [1.165, 1.54) is 54.5 Å². The Bertz CT molecular complexity index is 1020. The molecule has 1 atom stereocenters. The number of aryl methyl sites for hydroxylation is 3. The van der Waals surface area contributed by atoms with Crippen LogP contribution in [0.25, 0.3) is 0 Å². The van der Waals surface area contributed by atoms with Gasteiger partial charge in [0.05, 0.1) is 11.7 Å². The minimum Gasteiger partial charge on any atom is -0.376 e. The summed E-state index contributed by atoms with van der Waals surface area (Å²) < 4.78 is 0. The molecule has 34 heavy (non-hydrogen) atoms. The molecule has 0 spiro atoms. The summed E-state index contributed by atoms with van der Waals surface area (Å²) in [6.07, 6.45) is 7.71. The van der Waals surface area contributed by atoms with E-state index < -0.39 is 0 Å². The molecule has 1 aliphatic heterocycles. The SMILES string of the molecule is C=C(NC(c1ccc(C)cc1)c1ccccn1)C1CCN(CCCc2ccc(CC)cc2)CC1. The summed E-state index contributed by atoms with van der Waals surface area (Å²) >= 11 is 0. The summed E-state index contributed by atoms with van der Waals surface area (Å²) in [5.41, 5.74) is 7.57. The van der Waals surface area contributed by atoms with E-state index in [9.17, 15) is 0 Å². The molecular weight excluding hydrogens is 414 g/mol. The number of rotatable bonds is 10. The molecule has 0 saturated carbocycles. The number of likely N-dealkylation sites (tertiary alicyclic amines) is 1. The van der Waals surface area contributed by atoms with Gasteiger partial charge in [0.25, 0.3) is 0 Å². The summed E-state index contributed by atoms with van der Waals surface area (Å²) in [5, 5.41) is 3.75. The summed E-state index contributed by atoms with van der Waals surface area (Å²) in [7, 11) is 0. The van der Waals surface area contributed by atoms with Crippen LogP contribution in [-0.4, -0.2) is 29.5 Å². The molecule has 1 saturated heterocycles. The second-order valence-corrected chi connectivity index (χ2v) is 9.66. The third-order valence-corrected chi connectivity index (χ3v) is 7.18. The first-order valence-electron chi connectivity index (χ1n) is 12.9. The molecule has 0 bridgehead atoms. The van der Waals surface area contributed by atoms with E-state index in [0.717, 1.165) is 30.9 Å². The molecule has 0 radical (unpaired) electrons. The van der Waals surface area contributed by atoms with Gasteiger partial charge in [0.2, 0.25) is 0 Å². The zero-order valence-corrected chi connectivity index (χ0v) is 20.8. The average Bonchev–Trinajstić information content (AvgIpc) is 2.89. The number of nitrogens with one attached hydrogen (secondary N) is 1. The number of benzene rings is 2. The lowest BCUT2D eigenvalue weighted by Gasteiger charge is -2.34. The predicted molar refractivity (Wildman–Crippen MR) is 143 cm³/mol. The van der Waals surface area contributed by atoms with Crippen LogP contribution < -0.4 is 5.32 Å². The predicted octanol–water partition coefficient (Wildman–Crippen LogP) is 6.49. The zero-order chi connectivity index (χ0) is 23.8. The molecule has 3 heteroatoms. The van der Waals surface area contributed by atoms with E-state index >= 15 is 0 Å². The molecule has 178 valence electrons. The molecule has 1 aliphatic rings. The van der Waals surface area contributed by atoms with Crippen LogP contribution in [0, 0.1) is 12.8 Å². The van der Waals surface area contributed by atoms with Gasteiger partial charge in [0.15, 0.2) is 0 Å². The Kier molecular flexibility index (Phi) is 8.54. The van der Waals surface area contributed by atoms with Gasteiger partial charge in [-0.05, 0) is 87.5 Å². The van der Waals surface area contributed by atoms with Crippen molar-refractivity contribution in [2.24, 2.45) is 5.92 Å². The molecule has 2 aromatic carbocycles. The van der Waals surface area contributed by atoms with E-state index in [0.29, 0.717) is 5.92 Å². The van der Waals surface area contributed by atoms with Crippen molar-refractivity contribution in [3.05, 3.63) is 113 Å². The van der Waals surface area contributed by atoms with Gasteiger partial charge < -0.3 is 10.2 Å². The van der Waals surface area contributed by atoms with Crippen molar-refractivity contribution in [3.63, 3.8) is 0 Å². The minimum absolute atomic E-state index is 0.0337. The van der Waals surface area contributed by atoms with Crippen LogP contribution in [0.4, 0.5) is 0 Å². The summed E-state index contributed by atoms with van der Waals surface area (Å²) in [5.74, 6) is 0.509. The Morgan fingerprint density at radius 2 is 1.71 bits per heavy atom. The average molecular weight is 454 g/mol. The highest BCUT2D eigenvalue weighted by Gasteiger charge is 2.24.